The van der Waals surface area contributed by atoms with Crippen molar-refractivity contribution in [1.82, 2.24) is 0 Å². The summed E-state index contributed by atoms with van der Waals surface area (Å²) in [7, 11) is 0. The Bertz CT molecular complexity index is 217. The largest absolute Gasteiger partial charge is 0.367 e. The molecule has 0 aliphatic carbocycles. The SMILES string of the molecule is Brc1ccc([C@@H]2CO2)s1. The predicted octanol–water partition coefficient (Wildman–Crippen LogP) is 2.58. The Kier molecular flexibility index (Phi) is 1.36. The molecule has 0 N–H and O–H groups in total. The summed E-state index contributed by atoms with van der Waals surface area (Å²) in [5.41, 5.74) is 0. The summed E-state index contributed by atoms with van der Waals surface area (Å²) in [5.74, 6) is 0. The minimum absolute atomic E-state index is 0.418. The molecule has 1 saturated heterocycles. The van der Waals surface area contributed by atoms with E-state index < -0.39 is 0 Å². The second kappa shape index (κ2) is 2.08. The van der Waals surface area contributed by atoms with E-state index in [-0.39, 0.29) is 0 Å². The zero-order valence-corrected chi connectivity index (χ0v) is 7.04. The quantitative estimate of drug-likeness (QED) is 0.642. The van der Waals surface area contributed by atoms with E-state index in [1.54, 1.807) is 11.3 Å². The standard InChI is InChI=1S/C6H5BrOS/c7-6-2-1-5(9-6)4-3-8-4/h1-2,4H,3H2/t4-/m0/s1. The van der Waals surface area contributed by atoms with Crippen molar-refractivity contribution in [2.45, 2.75) is 6.10 Å². The zero-order valence-electron chi connectivity index (χ0n) is 4.63. The summed E-state index contributed by atoms with van der Waals surface area (Å²) in [4.78, 5) is 1.34. The fourth-order valence-electron chi connectivity index (χ4n) is 0.714. The van der Waals surface area contributed by atoms with Crippen molar-refractivity contribution in [1.29, 1.82) is 0 Å². The van der Waals surface area contributed by atoms with Crippen LogP contribution in [0.15, 0.2) is 15.9 Å². The van der Waals surface area contributed by atoms with E-state index in [1.165, 1.54) is 8.66 Å². The van der Waals surface area contributed by atoms with Crippen molar-refractivity contribution in [2.75, 3.05) is 6.61 Å². The molecule has 1 aliphatic rings. The molecular formula is C6H5BrOS. The van der Waals surface area contributed by atoms with Gasteiger partial charge in [-0.2, -0.15) is 0 Å². The molecule has 0 unspecified atom stereocenters. The summed E-state index contributed by atoms with van der Waals surface area (Å²) in [6.45, 7) is 0.910. The van der Waals surface area contributed by atoms with Gasteiger partial charge >= 0.3 is 0 Å². The molecule has 0 aromatic carbocycles. The van der Waals surface area contributed by atoms with Crippen LogP contribution < -0.4 is 0 Å². The van der Waals surface area contributed by atoms with E-state index in [0.29, 0.717) is 6.10 Å². The van der Waals surface area contributed by atoms with E-state index in [0.717, 1.165) is 6.61 Å². The van der Waals surface area contributed by atoms with Crippen LogP contribution in [0.1, 0.15) is 11.0 Å². The predicted molar refractivity (Wildman–Crippen MR) is 40.7 cm³/mol. The fourth-order valence-corrected chi connectivity index (χ4v) is 2.17. The second-order valence-electron chi connectivity index (χ2n) is 1.96. The molecule has 1 aliphatic heterocycles. The molecule has 0 amide bonds. The highest BCUT2D eigenvalue weighted by Gasteiger charge is 2.25. The van der Waals surface area contributed by atoms with Crippen LogP contribution in [-0.4, -0.2) is 6.61 Å². The summed E-state index contributed by atoms with van der Waals surface area (Å²) >= 11 is 5.14. The molecule has 0 spiro atoms. The van der Waals surface area contributed by atoms with Crippen molar-refractivity contribution in [3.05, 3.63) is 20.8 Å². The average molecular weight is 205 g/mol. The van der Waals surface area contributed by atoms with Crippen molar-refractivity contribution < 1.29 is 4.74 Å². The lowest BCUT2D eigenvalue weighted by molar-refractivity contribution is 0.418. The van der Waals surface area contributed by atoms with Crippen LogP contribution in [0.4, 0.5) is 0 Å². The molecule has 9 heavy (non-hydrogen) atoms. The number of rotatable bonds is 1. The Hall–Kier alpha value is 0.140. The number of hydrogen-bond donors (Lipinski definition) is 0. The number of hydrogen-bond acceptors (Lipinski definition) is 2. The van der Waals surface area contributed by atoms with E-state index >= 15 is 0 Å². The normalized spacial score (nSPS) is 24.3. The smallest absolute Gasteiger partial charge is 0.115 e. The van der Waals surface area contributed by atoms with E-state index in [4.69, 9.17) is 4.74 Å². The first-order valence-electron chi connectivity index (χ1n) is 2.73. The lowest BCUT2D eigenvalue weighted by Crippen LogP contribution is -1.65. The van der Waals surface area contributed by atoms with Crippen LogP contribution in [0.25, 0.3) is 0 Å². The van der Waals surface area contributed by atoms with Gasteiger partial charge in [-0.3, -0.25) is 0 Å². The van der Waals surface area contributed by atoms with Crippen molar-refractivity contribution in [3.63, 3.8) is 0 Å². The van der Waals surface area contributed by atoms with Crippen molar-refractivity contribution in [3.8, 4) is 0 Å². The molecule has 1 nitrogen and oxygen atoms in total. The molecule has 1 aromatic heterocycles. The lowest BCUT2D eigenvalue weighted by Gasteiger charge is -1.80. The second-order valence-corrected chi connectivity index (χ2v) is 4.46. The Morgan fingerprint density at radius 3 is 2.89 bits per heavy atom. The molecular weight excluding hydrogens is 200 g/mol. The molecule has 2 rings (SSSR count). The molecule has 3 heteroatoms. The minimum Gasteiger partial charge on any atom is -0.367 e. The van der Waals surface area contributed by atoms with Crippen LogP contribution in [0.2, 0.25) is 0 Å². The lowest BCUT2D eigenvalue weighted by atomic mass is 10.4. The van der Waals surface area contributed by atoms with Gasteiger partial charge in [-0.25, -0.2) is 0 Å². The Morgan fingerprint density at radius 1 is 1.67 bits per heavy atom. The molecule has 1 atom stereocenters. The van der Waals surface area contributed by atoms with E-state index in [9.17, 15) is 0 Å². The minimum atomic E-state index is 0.418. The van der Waals surface area contributed by atoms with Crippen LogP contribution in [0.3, 0.4) is 0 Å². The fraction of sp³-hybridized carbons (Fsp3) is 0.333. The van der Waals surface area contributed by atoms with Gasteiger partial charge in [0.1, 0.15) is 6.10 Å². The Balaban J connectivity index is 2.28. The van der Waals surface area contributed by atoms with Gasteiger partial charge in [-0.05, 0) is 28.1 Å². The molecule has 1 fully saturated rings. The van der Waals surface area contributed by atoms with Gasteiger partial charge in [0.05, 0.1) is 10.4 Å². The number of halogens is 1. The topological polar surface area (TPSA) is 12.5 Å². The van der Waals surface area contributed by atoms with Gasteiger partial charge in [0.25, 0.3) is 0 Å². The van der Waals surface area contributed by atoms with Gasteiger partial charge in [-0.15, -0.1) is 11.3 Å². The molecule has 0 radical (unpaired) electrons. The monoisotopic (exact) mass is 204 g/mol. The summed E-state index contributed by atoms with van der Waals surface area (Å²) in [6.07, 6.45) is 0.418. The van der Waals surface area contributed by atoms with Crippen LogP contribution in [0, 0.1) is 0 Å². The zero-order chi connectivity index (χ0) is 6.27. The summed E-state index contributed by atoms with van der Waals surface area (Å²) in [6, 6.07) is 4.16. The molecule has 1 aromatic rings. The number of thiophene rings is 1. The number of epoxide rings is 1. The van der Waals surface area contributed by atoms with E-state index in [1.807, 2.05) is 0 Å². The third-order valence-electron chi connectivity index (χ3n) is 1.24. The number of ether oxygens (including phenoxy) is 1. The van der Waals surface area contributed by atoms with Crippen LogP contribution in [0.5, 0.6) is 0 Å². The molecule has 48 valence electrons. The maximum atomic E-state index is 5.10. The molecule has 2 heterocycles. The average Bonchev–Trinajstić information content (AvgIpc) is 2.58. The van der Waals surface area contributed by atoms with Crippen molar-refractivity contribution >= 4 is 27.3 Å². The first-order chi connectivity index (χ1) is 4.36. The summed E-state index contributed by atoms with van der Waals surface area (Å²) < 4.78 is 6.29. The first-order valence-corrected chi connectivity index (χ1v) is 4.34. The van der Waals surface area contributed by atoms with Gasteiger partial charge < -0.3 is 4.74 Å². The van der Waals surface area contributed by atoms with E-state index in [2.05, 4.69) is 28.1 Å². The van der Waals surface area contributed by atoms with Crippen LogP contribution in [-0.2, 0) is 4.74 Å². The highest BCUT2D eigenvalue weighted by molar-refractivity contribution is 9.11. The highest BCUT2D eigenvalue weighted by atomic mass is 79.9. The molecule has 0 saturated carbocycles. The highest BCUT2D eigenvalue weighted by Crippen LogP contribution is 2.36. The van der Waals surface area contributed by atoms with Gasteiger partial charge in [-0.1, -0.05) is 0 Å². The van der Waals surface area contributed by atoms with Gasteiger partial charge in [0, 0.05) is 4.88 Å². The Morgan fingerprint density at radius 2 is 2.44 bits per heavy atom. The third kappa shape index (κ3) is 1.18. The maximum absolute atomic E-state index is 5.10. The maximum Gasteiger partial charge on any atom is 0.115 e. The molecule has 0 bridgehead atoms. The van der Waals surface area contributed by atoms with Gasteiger partial charge in [0.2, 0.25) is 0 Å². The first kappa shape index (κ1) is 5.89. The van der Waals surface area contributed by atoms with Gasteiger partial charge in [0.15, 0.2) is 0 Å². The van der Waals surface area contributed by atoms with Crippen LogP contribution >= 0.6 is 27.3 Å². The van der Waals surface area contributed by atoms with Crippen molar-refractivity contribution in [2.24, 2.45) is 0 Å². The summed E-state index contributed by atoms with van der Waals surface area (Å²) in [5, 5.41) is 0. The third-order valence-corrected chi connectivity index (χ3v) is 2.96. The Labute approximate surface area is 65.8 Å².